The minimum absolute atomic E-state index is 0.216. The van der Waals surface area contributed by atoms with Crippen LogP contribution in [-0.4, -0.2) is 16.5 Å². The van der Waals surface area contributed by atoms with Crippen molar-refractivity contribution in [3.05, 3.63) is 74.1 Å². The summed E-state index contributed by atoms with van der Waals surface area (Å²) in [4.78, 5) is 33.6. The molecule has 2 aromatic rings. The Morgan fingerprint density at radius 2 is 1.27 bits per heavy atom. The molecular weight excluding hydrogens is 303 g/mol. The number of carbonyl (C=O) groups excluding carboxylic acids is 2. The fraction of sp³-hybridized carbons (Fsp3) is 0. The maximum atomic E-state index is 14.1. The molecule has 0 amide bonds. The van der Waals surface area contributed by atoms with E-state index in [-0.39, 0.29) is 11.1 Å². The lowest BCUT2D eigenvalue weighted by Gasteiger charge is -2.18. The molecule has 0 saturated carbocycles. The Bertz CT molecular complexity index is 892. The number of hydrogen-bond donors (Lipinski definition) is 0. The first kappa shape index (κ1) is 13.9. The quantitative estimate of drug-likeness (QED) is 0.393. The van der Waals surface area contributed by atoms with Crippen LogP contribution in [0.5, 0.6) is 0 Å². The number of rotatable bonds is 1. The number of ketones is 2. The molecule has 110 valence electrons. The number of nitrogens with zero attached hydrogens (tertiary/aromatic N) is 1. The van der Waals surface area contributed by atoms with Crippen molar-refractivity contribution < 1.29 is 27.7 Å². The first-order valence-corrected chi connectivity index (χ1v) is 5.89. The molecule has 2 aromatic carbocycles. The van der Waals surface area contributed by atoms with Gasteiger partial charge in [0, 0.05) is 11.1 Å². The molecule has 1 aliphatic carbocycles. The first-order valence-electron chi connectivity index (χ1n) is 5.89. The molecule has 1 aliphatic rings. The number of halogens is 3. The van der Waals surface area contributed by atoms with E-state index in [2.05, 4.69) is 0 Å². The molecule has 0 fully saturated rings. The monoisotopic (exact) mass is 307 g/mol. The van der Waals surface area contributed by atoms with Crippen molar-refractivity contribution in [3.63, 3.8) is 0 Å². The van der Waals surface area contributed by atoms with Crippen LogP contribution in [0.15, 0.2) is 24.3 Å². The lowest BCUT2D eigenvalue weighted by molar-refractivity contribution is -0.390. The Morgan fingerprint density at radius 1 is 0.818 bits per heavy atom. The zero-order valence-corrected chi connectivity index (χ0v) is 10.5. The fourth-order valence-corrected chi connectivity index (χ4v) is 2.38. The SMILES string of the molecule is O=C1c2ccccc2C(=O)c2c(F)c([N+](=O)[O-])c(F)c(F)c21. The third kappa shape index (κ3) is 1.60. The van der Waals surface area contributed by atoms with Gasteiger partial charge >= 0.3 is 5.69 Å². The summed E-state index contributed by atoms with van der Waals surface area (Å²) in [5.41, 5.74) is -4.47. The van der Waals surface area contributed by atoms with Gasteiger partial charge in [-0.3, -0.25) is 19.7 Å². The number of benzene rings is 2. The van der Waals surface area contributed by atoms with Gasteiger partial charge < -0.3 is 0 Å². The normalized spacial score (nSPS) is 12.9. The Morgan fingerprint density at radius 3 is 1.73 bits per heavy atom. The molecule has 8 heteroatoms. The Hall–Kier alpha value is -3.03. The van der Waals surface area contributed by atoms with Gasteiger partial charge in [-0.15, -0.1) is 0 Å². The average Bonchev–Trinajstić information content (AvgIpc) is 2.48. The number of carbonyl (C=O) groups is 2. The van der Waals surface area contributed by atoms with Crippen LogP contribution in [0.3, 0.4) is 0 Å². The standard InChI is InChI=1S/C14H4F3NO4/c15-9-7-8(10(16)12(11(9)17)18(21)22)14(20)6-4-2-1-3-5(6)13(7)19/h1-4H. The van der Waals surface area contributed by atoms with Crippen LogP contribution >= 0.6 is 0 Å². The first-order chi connectivity index (χ1) is 10.4. The van der Waals surface area contributed by atoms with Gasteiger partial charge in [0.15, 0.2) is 17.4 Å². The second-order valence-corrected chi connectivity index (χ2v) is 4.50. The van der Waals surface area contributed by atoms with Crippen LogP contribution in [0.4, 0.5) is 18.9 Å². The molecule has 22 heavy (non-hydrogen) atoms. The maximum Gasteiger partial charge on any atom is 0.343 e. The second kappa shape index (κ2) is 4.48. The largest absolute Gasteiger partial charge is 0.343 e. The Labute approximate surface area is 120 Å². The smallest absolute Gasteiger partial charge is 0.288 e. The Kier molecular flexibility index (Phi) is 2.84. The van der Waals surface area contributed by atoms with Crippen LogP contribution < -0.4 is 0 Å². The molecule has 0 unspecified atom stereocenters. The van der Waals surface area contributed by atoms with Crippen LogP contribution in [-0.2, 0) is 0 Å². The summed E-state index contributed by atoms with van der Waals surface area (Å²) in [6.45, 7) is 0. The second-order valence-electron chi connectivity index (χ2n) is 4.50. The predicted octanol–water partition coefficient (Wildman–Crippen LogP) is 2.79. The third-order valence-electron chi connectivity index (χ3n) is 3.35. The van der Waals surface area contributed by atoms with Crippen molar-refractivity contribution in [2.24, 2.45) is 0 Å². The van der Waals surface area contributed by atoms with Gasteiger partial charge in [0.2, 0.25) is 11.6 Å². The summed E-state index contributed by atoms with van der Waals surface area (Å²) < 4.78 is 41.8. The average molecular weight is 307 g/mol. The van der Waals surface area contributed by atoms with Crippen LogP contribution in [0.2, 0.25) is 0 Å². The highest BCUT2D eigenvalue weighted by molar-refractivity contribution is 6.28. The Balaban J connectivity index is 2.46. The molecule has 0 aliphatic heterocycles. The fourth-order valence-electron chi connectivity index (χ4n) is 2.38. The lowest BCUT2D eigenvalue weighted by atomic mass is 9.83. The van der Waals surface area contributed by atoms with Crippen molar-refractivity contribution in [2.45, 2.75) is 0 Å². The molecule has 0 saturated heterocycles. The number of nitro benzene ring substituents is 1. The topological polar surface area (TPSA) is 77.3 Å². The molecule has 0 aromatic heterocycles. The zero-order chi connectivity index (χ0) is 16.2. The summed E-state index contributed by atoms with van der Waals surface area (Å²) in [5.74, 6) is -8.08. The minimum Gasteiger partial charge on any atom is -0.288 e. The van der Waals surface area contributed by atoms with E-state index in [4.69, 9.17) is 0 Å². The number of hydrogen-bond acceptors (Lipinski definition) is 4. The van der Waals surface area contributed by atoms with E-state index >= 15 is 0 Å². The van der Waals surface area contributed by atoms with Gasteiger partial charge in [-0.05, 0) is 0 Å². The maximum absolute atomic E-state index is 14.1. The molecule has 0 heterocycles. The van der Waals surface area contributed by atoms with E-state index in [1.807, 2.05) is 0 Å². The van der Waals surface area contributed by atoms with Crippen LogP contribution in [0.1, 0.15) is 31.8 Å². The van der Waals surface area contributed by atoms with E-state index in [9.17, 15) is 32.9 Å². The van der Waals surface area contributed by atoms with E-state index in [0.717, 1.165) is 0 Å². The molecule has 0 spiro atoms. The number of nitro groups is 1. The van der Waals surface area contributed by atoms with Crippen molar-refractivity contribution in [2.75, 3.05) is 0 Å². The minimum atomic E-state index is -2.11. The molecule has 3 rings (SSSR count). The third-order valence-corrected chi connectivity index (χ3v) is 3.35. The molecule has 0 radical (unpaired) electrons. The van der Waals surface area contributed by atoms with Crippen molar-refractivity contribution >= 4 is 17.3 Å². The summed E-state index contributed by atoms with van der Waals surface area (Å²) >= 11 is 0. The molecule has 0 atom stereocenters. The van der Waals surface area contributed by atoms with Gasteiger partial charge in [-0.2, -0.15) is 8.78 Å². The van der Waals surface area contributed by atoms with Gasteiger partial charge in [-0.25, -0.2) is 4.39 Å². The highest BCUT2D eigenvalue weighted by Gasteiger charge is 2.41. The van der Waals surface area contributed by atoms with E-state index in [0.29, 0.717) is 0 Å². The highest BCUT2D eigenvalue weighted by Crippen LogP contribution is 2.36. The van der Waals surface area contributed by atoms with Gasteiger partial charge in [0.25, 0.3) is 0 Å². The van der Waals surface area contributed by atoms with Gasteiger partial charge in [-0.1, -0.05) is 24.3 Å². The van der Waals surface area contributed by atoms with Crippen molar-refractivity contribution in [3.8, 4) is 0 Å². The van der Waals surface area contributed by atoms with E-state index < -0.39 is 50.8 Å². The zero-order valence-electron chi connectivity index (χ0n) is 10.5. The molecule has 0 N–H and O–H groups in total. The summed E-state index contributed by atoms with van der Waals surface area (Å²) in [7, 11) is 0. The van der Waals surface area contributed by atoms with Crippen LogP contribution in [0, 0.1) is 27.6 Å². The summed E-state index contributed by atoms with van der Waals surface area (Å²) in [6.07, 6.45) is 0. The van der Waals surface area contributed by atoms with Crippen LogP contribution in [0.25, 0.3) is 0 Å². The molecule has 0 bridgehead atoms. The summed E-state index contributed by atoms with van der Waals surface area (Å²) in [6, 6.07) is 5.19. The van der Waals surface area contributed by atoms with Crippen molar-refractivity contribution in [1.82, 2.24) is 0 Å². The number of fused-ring (bicyclic) bond motifs is 2. The highest BCUT2D eigenvalue weighted by atomic mass is 19.2. The predicted molar refractivity (Wildman–Crippen MR) is 66.3 cm³/mol. The summed E-state index contributed by atoms with van der Waals surface area (Å²) in [5, 5.41) is 10.7. The van der Waals surface area contributed by atoms with Gasteiger partial charge in [0.1, 0.15) is 0 Å². The van der Waals surface area contributed by atoms with Crippen molar-refractivity contribution in [1.29, 1.82) is 0 Å². The lowest BCUT2D eigenvalue weighted by Crippen LogP contribution is -2.25. The van der Waals surface area contributed by atoms with Gasteiger partial charge in [0.05, 0.1) is 16.1 Å². The molecular formula is C14H4F3NO4. The van der Waals surface area contributed by atoms with E-state index in [1.165, 1.54) is 24.3 Å². The van der Waals surface area contributed by atoms with E-state index in [1.54, 1.807) is 0 Å². The molecule has 5 nitrogen and oxygen atoms in total.